The monoisotopic (exact) mass is 499 g/mol. The van der Waals surface area contributed by atoms with E-state index in [9.17, 15) is 23.3 Å². The van der Waals surface area contributed by atoms with Gasteiger partial charge in [0.15, 0.2) is 0 Å². The summed E-state index contributed by atoms with van der Waals surface area (Å²) in [5, 5.41) is 14.4. The summed E-state index contributed by atoms with van der Waals surface area (Å²) in [6.07, 6.45) is 1.03. The number of aryl methyl sites for hydroxylation is 1. The van der Waals surface area contributed by atoms with Crippen LogP contribution in [-0.4, -0.2) is 51.8 Å². The number of anilines is 1. The van der Waals surface area contributed by atoms with E-state index < -0.39 is 26.9 Å². The van der Waals surface area contributed by atoms with Gasteiger partial charge < -0.3 is 14.8 Å². The normalized spacial score (nSPS) is 12.0. The number of ether oxygens (including phenoxy) is 2. The highest BCUT2D eigenvalue weighted by atomic mass is 35.5. The van der Waals surface area contributed by atoms with Gasteiger partial charge in [-0.2, -0.15) is 0 Å². The molecule has 0 aliphatic rings. The van der Waals surface area contributed by atoms with Crippen LogP contribution in [0.4, 0.5) is 11.4 Å². The summed E-state index contributed by atoms with van der Waals surface area (Å²) < 4.78 is 36.9. The maximum atomic E-state index is 12.9. The van der Waals surface area contributed by atoms with Crippen LogP contribution in [0.3, 0.4) is 0 Å². The smallest absolute Gasteiger partial charge is 0.271 e. The summed E-state index contributed by atoms with van der Waals surface area (Å²) in [6, 6.07) is 7.60. The average Bonchev–Trinajstić information content (AvgIpc) is 2.75. The quantitative estimate of drug-likeness (QED) is 0.285. The lowest BCUT2D eigenvalue weighted by Gasteiger charge is -2.30. The first-order chi connectivity index (χ1) is 15.5. The van der Waals surface area contributed by atoms with Crippen molar-refractivity contribution in [2.24, 2.45) is 0 Å². The van der Waals surface area contributed by atoms with Crippen molar-refractivity contribution in [2.75, 3.05) is 30.8 Å². The number of nitro groups is 1. The fraction of sp³-hybridized carbons (Fsp3) is 0.381. The van der Waals surface area contributed by atoms with Crippen LogP contribution in [-0.2, 0) is 14.8 Å². The maximum Gasteiger partial charge on any atom is 0.271 e. The number of non-ortho nitro benzene ring substituents is 1. The fourth-order valence-electron chi connectivity index (χ4n) is 3.12. The van der Waals surface area contributed by atoms with Crippen LogP contribution in [0.25, 0.3) is 0 Å². The van der Waals surface area contributed by atoms with Gasteiger partial charge in [-0.3, -0.25) is 19.2 Å². The molecular weight excluding hydrogens is 474 g/mol. The summed E-state index contributed by atoms with van der Waals surface area (Å²) >= 11 is 6.06. The number of amides is 1. The van der Waals surface area contributed by atoms with Crippen molar-refractivity contribution in [3.8, 4) is 11.5 Å². The van der Waals surface area contributed by atoms with Gasteiger partial charge in [0.25, 0.3) is 5.69 Å². The van der Waals surface area contributed by atoms with Gasteiger partial charge in [-0.1, -0.05) is 24.6 Å². The molecule has 0 heterocycles. The van der Waals surface area contributed by atoms with Crippen molar-refractivity contribution in [3.63, 3.8) is 0 Å². The highest BCUT2D eigenvalue weighted by Gasteiger charge is 2.34. The van der Waals surface area contributed by atoms with Crippen molar-refractivity contribution < 1.29 is 27.6 Å². The average molecular weight is 500 g/mol. The lowest BCUT2D eigenvalue weighted by molar-refractivity contribution is -0.384. The van der Waals surface area contributed by atoms with Crippen LogP contribution in [0.2, 0.25) is 5.02 Å². The van der Waals surface area contributed by atoms with Gasteiger partial charge in [-0.05, 0) is 37.1 Å². The van der Waals surface area contributed by atoms with Crippen molar-refractivity contribution in [2.45, 2.75) is 26.3 Å². The predicted molar refractivity (Wildman–Crippen MR) is 126 cm³/mol. The summed E-state index contributed by atoms with van der Waals surface area (Å²) in [5.74, 6) is 0.0323. The molecule has 180 valence electrons. The third-order valence-corrected chi connectivity index (χ3v) is 6.33. The minimum atomic E-state index is -4.01. The third kappa shape index (κ3) is 6.72. The Morgan fingerprint density at radius 1 is 1.27 bits per heavy atom. The van der Waals surface area contributed by atoms with E-state index in [4.69, 9.17) is 21.1 Å². The summed E-state index contributed by atoms with van der Waals surface area (Å²) in [5.41, 5.74) is 0.474. The van der Waals surface area contributed by atoms with E-state index in [1.54, 1.807) is 25.1 Å². The Balaban J connectivity index is 2.21. The maximum absolute atomic E-state index is 12.9. The standard InChI is InChI=1S/C21H26ClN3O7S/c1-5-18(21(26)23-10-11-32-16-8-6-14(2)17(22)13-16)24(33(4,29)30)19-12-15(25(27)28)7-9-20(19)31-3/h6-9,12-13,18H,5,10-11H2,1-4H3,(H,23,26)/t18-/m1/s1. The van der Waals surface area contributed by atoms with Crippen LogP contribution in [0.15, 0.2) is 36.4 Å². The van der Waals surface area contributed by atoms with E-state index >= 15 is 0 Å². The number of benzene rings is 2. The van der Waals surface area contributed by atoms with Gasteiger partial charge in [0.1, 0.15) is 29.8 Å². The number of nitrogens with one attached hydrogen (secondary N) is 1. The van der Waals surface area contributed by atoms with Crippen LogP contribution >= 0.6 is 11.6 Å². The summed E-state index contributed by atoms with van der Waals surface area (Å²) in [7, 11) is -2.70. The Bertz CT molecular complexity index is 1120. The summed E-state index contributed by atoms with van der Waals surface area (Å²) in [6.45, 7) is 3.73. The molecule has 0 fully saturated rings. The number of hydrogen-bond acceptors (Lipinski definition) is 7. The molecule has 2 aromatic carbocycles. The Kier molecular flexibility index (Phi) is 8.89. The molecule has 0 aromatic heterocycles. The van der Waals surface area contributed by atoms with Crippen molar-refractivity contribution in [1.29, 1.82) is 0 Å². The van der Waals surface area contributed by atoms with Gasteiger partial charge in [-0.25, -0.2) is 8.42 Å². The Labute approximate surface area is 197 Å². The topological polar surface area (TPSA) is 128 Å². The van der Waals surface area contributed by atoms with Gasteiger partial charge in [-0.15, -0.1) is 0 Å². The van der Waals surface area contributed by atoms with Gasteiger partial charge in [0.2, 0.25) is 15.9 Å². The first-order valence-corrected chi connectivity index (χ1v) is 12.2. The molecule has 1 atom stereocenters. The van der Waals surface area contributed by atoms with E-state index in [-0.39, 0.29) is 36.7 Å². The zero-order valence-electron chi connectivity index (χ0n) is 18.7. The number of carbonyl (C=O) groups is 1. The van der Waals surface area contributed by atoms with E-state index in [1.165, 1.54) is 19.2 Å². The number of nitrogens with zero attached hydrogens (tertiary/aromatic N) is 2. The Hall–Kier alpha value is -3.05. The number of methoxy groups -OCH3 is 1. The fourth-order valence-corrected chi connectivity index (χ4v) is 4.50. The molecule has 0 aliphatic heterocycles. The second-order valence-corrected chi connectivity index (χ2v) is 9.41. The zero-order valence-corrected chi connectivity index (χ0v) is 20.3. The molecule has 0 saturated carbocycles. The van der Waals surface area contributed by atoms with Crippen molar-refractivity contribution >= 4 is 38.9 Å². The molecule has 1 N–H and O–H groups in total. The highest BCUT2D eigenvalue weighted by Crippen LogP contribution is 2.35. The minimum Gasteiger partial charge on any atom is -0.495 e. The molecule has 0 unspecified atom stereocenters. The second-order valence-electron chi connectivity index (χ2n) is 7.15. The number of nitro benzene ring substituents is 1. The minimum absolute atomic E-state index is 0.0804. The number of carbonyl (C=O) groups excluding carboxylic acids is 1. The van der Waals surface area contributed by atoms with Gasteiger partial charge in [0.05, 0.1) is 24.8 Å². The predicted octanol–water partition coefficient (Wildman–Crippen LogP) is 3.31. The molecule has 33 heavy (non-hydrogen) atoms. The molecule has 0 spiro atoms. The molecule has 0 saturated heterocycles. The van der Waals surface area contributed by atoms with Crippen molar-refractivity contribution in [1.82, 2.24) is 5.32 Å². The molecule has 12 heteroatoms. The van der Waals surface area contributed by atoms with E-state index in [0.717, 1.165) is 22.2 Å². The van der Waals surface area contributed by atoms with E-state index in [0.29, 0.717) is 10.8 Å². The first kappa shape index (κ1) is 26.2. The van der Waals surface area contributed by atoms with Gasteiger partial charge in [0, 0.05) is 17.2 Å². The molecule has 0 bridgehead atoms. The van der Waals surface area contributed by atoms with Crippen LogP contribution in [0.1, 0.15) is 18.9 Å². The number of hydrogen-bond donors (Lipinski definition) is 1. The lowest BCUT2D eigenvalue weighted by atomic mass is 10.1. The molecule has 0 radical (unpaired) electrons. The SMILES string of the molecule is CC[C@H](C(=O)NCCOc1ccc(C)c(Cl)c1)N(c1cc([N+](=O)[O-])ccc1OC)S(C)(=O)=O. The first-order valence-electron chi connectivity index (χ1n) is 9.98. The molecular formula is C21H26ClN3O7S. The molecule has 0 aliphatic carbocycles. The molecule has 10 nitrogen and oxygen atoms in total. The number of rotatable bonds is 11. The molecule has 2 rings (SSSR count). The Morgan fingerprint density at radius 2 is 1.97 bits per heavy atom. The largest absolute Gasteiger partial charge is 0.495 e. The van der Waals surface area contributed by atoms with Crippen LogP contribution in [0, 0.1) is 17.0 Å². The summed E-state index contributed by atoms with van der Waals surface area (Å²) in [4.78, 5) is 23.5. The van der Waals surface area contributed by atoms with Crippen LogP contribution in [0.5, 0.6) is 11.5 Å². The zero-order chi connectivity index (χ0) is 24.8. The van der Waals surface area contributed by atoms with Crippen molar-refractivity contribution in [3.05, 3.63) is 57.1 Å². The number of sulfonamides is 1. The highest BCUT2D eigenvalue weighted by molar-refractivity contribution is 7.92. The number of halogens is 1. The molecule has 2 aromatic rings. The van der Waals surface area contributed by atoms with E-state index in [2.05, 4.69) is 5.32 Å². The molecule has 1 amide bonds. The second kappa shape index (κ2) is 11.2. The Morgan fingerprint density at radius 3 is 2.52 bits per heavy atom. The van der Waals surface area contributed by atoms with Gasteiger partial charge >= 0.3 is 0 Å². The van der Waals surface area contributed by atoms with E-state index in [1.807, 2.05) is 6.92 Å². The lowest BCUT2D eigenvalue weighted by Crippen LogP contribution is -2.50. The third-order valence-electron chi connectivity index (χ3n) is 4.75. The van der Waals surface area contributed by atoms with Crippen LogP contribution < -0.4 is 19.1 Å².